The molecule has 90 valence electrons. The molecule has 2 heterocycles. The van der Waals surface area contributed by atoms with Gasteiger partial charge in [0.2, 0.25) is 0 Å². The monoisotopic (exact) mass is 250 g/mol. The van der Waals surface area contributed by atoms with E-state index in [9.17, 15) is 4.79 Å². The summed E-state index contributed by atoms with van der Waals surface area (Å²) >= 11 is 1.86. The van der Waals surface area contributed by atoms with E-state index in [1.807, 2.05) is 30.0 Å². The molecule has 0 amide bonds. The van der Waals surface area contributed by atoms with Crippen molar-refractivity contribution in [1.29, 1.82) is 0 Å². The molecular formula is C13H14O3S. The fraction of sp³-hybridized carbons (Fsp3) is 0.462. The molecule has 4 heteroatoms. The van der Waals surface area contributed by atoms with Gasteiger partial charge in [0.15, 0.2) is 17.3 Å². The quantitative estimate of drug-likeness (QED) is 0.755. The molecule has 1 unspecified atom stereocenters. The lowest BCUT2D eigenvalue weighted by Gasteiger charge is -2.19. The highest BCUT2D eigenvalue weighted by molar-refractivity contribution is 7.99. The second-order valence-electron chi connectivity index (χ2n) is 4.28. The molecule has 1 saturated heterocycles. The standard InChI is InChI=1S/C13H14O3S/c14-13(10-3-6-17-8-10)9-1-2-11-12(7-9)16-5-4-15-11/h1-2,7,10H,3-6,8H2. The number of benzene rings is 1. The Morgan fingerprint density at radius 3 is 2.82 bits per heavy atom. The van der Waals surface area contributed by atoms with Crippen LogP contribution < -0.4 is 9.47 Å². The molecule has 1 atom stereocenters. The van der Waals surface area contributed by atoms with Gasteiger partial charge < -0.3 is 9.47 Å². The summed E-state index contributed by atoms with van der Waals surface area (Å²) in [5.74, 6) is 3.92. The molecule has 3 nitrogen and oxygen atoms in total. The molecule has 0 aromatic heterocycles. The first-order valence-electron chi connectivity index (χ1n) is 5.86. The van der Waals surface area contributed by atoms with Crippen molar-refractivity contribution in [2.24, 2.45) is 5.92 Å². The van der Waals surface area contributed by atoms with E-state index < -0.39 is 0 Å². The Kier molecular flexibility index (Phi) is 2.97. The third-order valence-corrected chi connectivity index (χ3v) is 4.29. The molecule has 0 bridgehead atoms. The number of ketones is 1. The van der Waals surface area contributed by atoms with Crippen molar-refractivity contribution in [2.75, 3.05) is 24.7 Å². The highest BCUT2D eigenvalue weighted by atomic mass is 32.2. The van der Waals surface area contributed by atoms with Crippen LogP contribution >= 0.6 is 11.8 Å². The molecule has 1 fully saturated rings. The second-order valence-corrected chi connectivity index (χ2v) is 5.43. The van der Waals surface area contributed by atoms with Crippen molar-refractivity contribution in [3.05, 3.63) is 23.8 Å². The van der Waals surface area contributed by atoms with Crippen molar-refractivity contribution in [2.45, 2.75) is 6.42 Å². The summed E-state index contributed by atoms with van der Waals surface area (Å²) in [7, 11) is 0. The Labute approximate surface area is 104 Å². The summed E-state index contributed by atoms with van der Waals surface area (Å²) < 4.78 is 10.9. The first-order valence-corrected chi connectivity index (χ1v) is 7.01. The van der Waals surface area contributed by atoms with Gasteiger partial charge in [-0.15, -0.1) is 0 Å². The molecule has 0 aliphatic carbocycles. The zero-order valence-corrected chi connectivity index (χ0v) is 10.3. The normalized spacial score (nSPS) is 22.5. The molecule has 2 aliphatic heterocycles. The van der Waals surface area contributed by atoms with Crippen LogP contribution in [0.3, 0.4) is 0 Å². The van der Waals surface area contributed by atoms with E-state index in [2.05, 4.69) is 0 Å². The fourth-order valence-corrected chi connectivity index (χ4v) is 3.39. The van der Waals surface area contributed by atoms with Gasteiger partial charge in [-0.05, 0) is 30.4 Å². The predicted molar refractivity (Wildman–Crippen MR) is 67.2 cm³/mol. The lowest BCUT2D eigenvalue weighted by molar-refractivity contribution is 0.0932. The Bertz CT molecular complexity index is 438. The number of Topliss-reactive ketones (excluding diaryl/α,β-unsaturated/α-hetero) is 1. The highest BCUT2D eigenvalue weighted by Crippen LogP contribution is 2.33. The molecule has 17 heavy (non-hydrogen) atoms. The van der Waals surface area contributed by atoms with Crippen LogP contribution in [0.5, 0.6) is 11.5 Å². The summed E-state index contributed by atoms with van der Waals surface area (Å²) in [6.45, 7) is 1.14. The van der Waals surface area contributed by atoms with Crippen LogP contribution in [0.25, 0.3) is 0 Å². The maximum atomic E-state index is 12.2. The number of hydrogen-bond donors (Lipinski definition) is 0. The van der Waals surface area contributed by atoms with Gasteiger partial charge in [0.25, 0.3) is 0 Å². The fourth-order valence-electron chi connectivity index (χ4n) is 2.17. The number of carbonyl (C=O) groups is 1. The largest absolute Gasteiger partial charge is 0.486 e. The smallest absolute Gasteiger partial charge is 0.166 e. The van der Waals surface area contributed by atoms with E-state index in [1.54, 1.807) is 0 Å². The van der Waals surface area contributed by atoms with Gasteiger partial charge in [0.05, 0.1) is 0 Å². The Morgan fingerprint density at radius 1 is 1.24 bits per heavy atom. The van der Waals surface area contributed by atoms with Gasteiger partial charge in [0, 0.05) is 17.2 Å². The number of hydrogen-bond acceptors (Lipinski definition) is 4. The number of thioether (sulfide) groups is 1. The van der Waals surface area contributed by atoms with Crippen LogP contribution in [0.15, 0.2) is 18.2 Å². The molecule has 1 aromatic carbocycles. The molecule has 0 saturated carbocycles. The van der Waals surface area contributed by atoms with E-state index in [-0.39, 0.29) is 11.7 Å². The average molecular weight is 250 g/mol. The molecular weight excluding hydrogens is 236 g/mol. The number of fused-ring (bicyclic) bond motifs is 1. The van der Waals surface area contributed by atoms with Crippen molar-refractivity contribution < 1.29 is 14.3 Å². The minimum Gasteiger partial charge on any atom is -0.486 e. The first-order chi connectivity index (χ1) is 8.34. The number of carbonyl (C=O) groups excluding carboxylic acids is 1. The van der Waals surface area contributed by atoms with E-state index >= 15 is 0 Å². The van der Waals surface area contributed by atoms with Crippen LogP contribution in [0, 0.1) is 5.92 Å². The maximum Gasteiger partial charge on any atom is 0.166 e. The molecule has 0 N–H and O–H groups in total. The van der Waals surface area contributed by atoms with Crippen molar-refractivity contribution in [1.82, 2.24) is 0 Å². The lowest BCUT2D eigenvalue weighted by atomic mass is 9.97. The minimum atomic E-state index is 0.183. The lowest BCUT2D eigenvalue weighted by Crippen LogP contribution is -2.17. The average Bonchev–Trinajstić information content (AvgIpc) is 2.91. The molecule has 2 aliphatic rings. The number of ether oxygens (including phenoxy) is 2. The molecule has 0 spiro atoms. The van der Waals surface area contributed by atoms with E-state index in [1.165, 1.54) is 0 Å². The van der Waals surface area contributed by atoms with E-state index in [0.717, 1.165) is 29.2 Å². The molecule has 3 rings (SSSR count). The van der Waals surface area contributed by atoms with Crippen LogP contribution in [0.1, 0.15) is 16.8 Å². The highest BCUT2D eigenvalue weighted by Gasteiger charge is 2.25. The van der Waals surface area contributed by atoms with Gasteiger partial charge in [-0.3, -0.25) is 4.79 Å². The van der Waals surface area contributed by atoms with Gasteiger partial charge in [-0.1, -0.05) is 0 Å². The zero-order valence-electron chi connectivity index (χ0n) is 9.48. The predicted octanol–water partition coefficient (Wildman–Crippen LogP) is 2.39. The minimum absolute atomic E-state index is 0.183. The topological polar surface area (TPSA) is 35.5 Å². The zero-order chi connectivity index (χ0) is 11.7. The van der Waals surface area contributed by atoms with Crippen LogP contribution in [0.4, 0.5) is 0 Å². The SMILES string of the molecule is O=C(c1ccc2c(c1)OCCO2)C1CCSC1. The van der Waals surface area contributed by atoms with Crippen molar-refractivity contribution >= 4 is 17.5 Å². The molecule has 1 aromatic rings. The van der Waals surface area contributed by atoms with Gasteiger partial charge in [-0.2, -0.15) is 11.8 Å². The Balaban J connectivity index is 1.85. The second kappa shape index (κ2) is 4.61. The summed E-state index contributed by atoms with van der Waals surface area (Å²) in [6, 6.07) is 5.50. The van der Waals surface area contributed by atoms with Crippen LogP contribution in [-0.4, -0.2) is 30.5 Å². The third-order valence-electron chi connectivity index (χ3n) is 3.13. The third kappa shape index (κ3) is 2.14. The Morgan fingerprint density at radius 2 is 2.06 bits per heavy atom. The maximum absolute atomic E-state index is 12.2. The summed E-state index contributed by atoms with van der Waals surface area (Å²) in [5.41, 5.74) is 0.752. The summed E-state index contributed by atoms with van der Waals surface area (Å²) in [6.07, 6.45) is 0.998. The van der Waals surface area contributed by atoms with Gasteiger partial charge in [-0.25, -0.2) is 0 Å². The Hall–Kier alpha value is -1.16. The van der Waals surface area contributed by atoms with Crippen LogP contribution in [-0.2, 0) is 0 Å². The van der Waals surface area contributed by atoms with Crippen molar-refractivity contribution in [3.8, 4) is 11.5 Å². The van der Waals surface area contributed by atoms with Crippen molar-refractivity contribution in [3.63, 3.8) is 0 Å². The van der Waals surface area contributed by atoms with E-state index in [0.29, 0.717) is 19.0 Å². The molecule has 0 radical (unpaired) electrons. The van der Waals surface area contributed by atoms with Crippen LogP contribution in [0.2, 0.25) is 0 Å². The van der Waals surface area contributed by atoms with E-state index in [4.69, 9.17) is 9.47 Å². The number of rotatable bonds is 2. The summed E-state index contributed by atoms with van der Waals surface area (Å²) in [5, 5.41) is 0. The van der Waals surface area contributed by atoms with Gasteiger partial charge in [0.1, 0.15) is 13.2 Å². The van der Waals surface area contributed by atoms with Gasteiger partial charge >= 0.3 is 0 Å². The first kappa shape index (κ1) is 11.0. The summed E-state index contributed by atoms with van der Waals surface area (Å²) in [4.78, 5) is 12.2.